The van der Waals surface area contributed by atoms with E-state index in [2.05, 4.69) is 4.98 Å². The van der Waals surface area contributed by atoms with Crippen molar-refractivity contribution in [3.05, 3.63) is 107 Å². The van der Waals surface area contributed by atoms with Gasteiger partial charge in [0.1, 0.15) is 6.54 Å². The number of hydrogen-bond donors (Lipinski definition) is 1. The number of aromatic amines is 1. The van der Waals surface area contributed by atoms with Gasteiger partial charge in [0.15, 0.2) is 0 Å². The number of carbonyl (C=O) groups excluding carboxylic acids is 2. The van der Waals surface area contributed by atoms with Crippen molar-refractivity contribution < 1.29 is 22.8 Å². The molecule has 1 aromatic heterocycles. The Balaban J connectivity index is 1.57. The molecule has 0 saturated carbocycles. The molecule has 0 bridgehead atoms. The van der Waals surface area contributed by atoms with Crippen molar-refractivity contribution in [1.82, 2.24) is 14.8 Å². The third-order valence-corrected chi connectivity index (χ3v) is 6.81. The zero-order valence-electron chi connectivity index (χ0n) is 23.0. The lowest BCUT2D eigenvalue weighted by Gasteiger charge is -2.29. The van der Waals surface area contributed by atoms with Crippen LogP contribution in [0.4, 0.5) is 13.2 Å². The summed E-state index contributed by atoms with van der Waals surface area (Å²) in [6, 6.07) is 20.2. The van der Waals surface area contributed by atoms with Crippen LogP contribution in [0.3, 0.4) is 0 Å². The number of amides is 2. The molecule has 0 unspecified atom stereocenters. The van der Waals surface area contributed by atoms with Crippen LogP contribution < -0.4 is 0 Å². The second kappa shape index (κ2) is 12.4. The van der Waals surface area contributed by atoms with E-state index in [9.17, 15) is 22.8 Å². The van der Waals surface area contributed by atoms with Crippen molar-refractivity contribution in [2.45, 2.75) is 39.9 Å². The number of aromatic nitrogens is 1. The van der Waals surface area contributed by atoms with Gasteiger partial charge in [0.2, 0.25) is 5.91 Å². The van der Waals surface area contributed by atoms with Gasteiger partial charge in [0.25, 0.3) is 5.91 Å². The highest BCUT2D eigenvalue weighted by Crippen LogP contribution is 2.30. The Morgan fingerprint density at radius 2 is 1.65 bits per heavy atom. The predicted octanol–water partition coefficient (Wildman–Crippen LogP) is 6.86. The van der Waals surface area contributed by atoms with E-state index in [1.807, 2.05) is 75.5 Å². The number of hydrogen-bond acceptors (Lipinski definition) is 2. The van der Waals surface area contributed by atoms with Gasteiger partial charge in [-0.3, -0.25) is 9.59 Å². The van der Waals surface area contributed by atoms with Crippen molar-refractivity contribution in [3.8, 4) is 0 Å². The standard InChI is InChI=1S/C32H34F3N3O2/c1-22(2)19-38(31(40)25-7-6-8-27(17-25)32(33,34)35)21-30(39)37(20-24-13-11-23(3)12-14-24)16-15-26-18-36-29-10-5-4-9-28(26)29/h4-14,17-18,22,36H,15-16,19-21H2,1-3H3. The maximum Gasteiger partial charge on any atom is 0.416 e. The van der Waals surface area contributed by atoms with E-state index in [1.54, 1.807) is 4.90 Å². The number of fused-ring (bicyclic) bond motifs is 1. The van der Waals surface area contributed by atoms with E-state index in [-0.39, 0.29) is 30.5 Å². The van der Waals surface area contributed by atoms with Crippen LogP contribution in [0.5, 0.6) is 0 Å². The van der Waals surface area contributed by atoms with E-state index in [0.29, 0.717) is 19.5 Å². The first-order valence-corrected chi connectivity index (χ1v) is 13.4. The number of para-hydroxylation sites is 1. The van der Waals surface area contributed by atoms with Crippen molar-refractivity contribution in [2.75, 3.05) is 19.6 Å². The highest BCUT2D eigenvalue weighted by Gasteiger charge is 2.32. The van der Waals surface area contributed by atoms with Crippen LogP contribution in [-0.2, 0) is 23.9 Å². The smallest absolute Gasteiger partial charge is 0.361 e. The molecule has 0 radical (unpaired) electrons. The summed E-state index contributed by atoms with van der Waals surface area (Å²) in [5, 5.41) is 1.09. The third-order valence-electron chi connectivity index (χ3n) is 6.81. The molecule has 0 aliphatic rings. The Hall–Kier alpha value is -4.07. The fourth-order valence-corrected chi connectivity index (χ4v) is 4.73. The van der Waals surface area contributed by atoms with E-state index in [4.69, 9.17) is 0 Å². The van der Waals surface area contributed by atoms with Crippen LogP contribution in [0, 0.1) is 12.8 Å². The first-order chi connectivity index (χ1) is 19.0. The minimum atomic E-state index is -4.57. The lowest BCUT2D eigenvalue weighted by Crippen LogP contribution is -2.44. The normalized spacial score (nSPS) is 11.7. The number of H-pyrrole nitrogens is 1. The fraction of sp³-hybridized carbons (Fsp3) is 0.312. The predicted molar refractivity (Wildman–Crippen MR) is 151 cm³/mol. The summed E-state index contributed by atoms with van der Waals surface area (Å²) in [7, 11) is 0. The Labute approximate surface area is 232 Å². The summed E-state index contributed by atoms with van der Waals surface area (Å²) in [6.45, 7) is 6.58. The summed E-state index contributed by atoms with van der Waals surface area (Å²) in [5.74, 6) is -0.847. The van der Waals surface area contributed by atoms with E-state index < -0.39 is 17.6 Å². The molecule has 1 N–H and O–H groups in total. The second-order valence-electron chi connectivity index (χ2n) is 10.6. The van der Waals surface area contributed by atoms with E-state index >= 15 is 0 Å². The van der Waals surface area contributed by atoms with Gasteiger partial charge in [0.05, 0.1) is 5.56 Å². The number of rotatable bonds is 10. The minimum Gasteiger partial charge on any atom is -0.361 e. The molecule has 0 aliphatic carbocycles. The van der Waals surface area contributed by atoms with Gasteiger partial charge in [-0.2, -0.15) is 13.2 Å². The van der Waals surface area contributed by atoms with Gasteiger partial charge >= 0.3 is 6.18 Å². The molecule has 4 rings (SSSR count). The average Bonchev–Trinajstić information content (AvgIpc) is 3.33. The van der Waals surface area contributed by atoms with Crippen LogP contribution >= 0.6 is 0 Å². The zero-order chi connectivity index (χ0) is 28.9. The number of benzene rings is 3. The molecule has 8 heteroatoms. The number of halogens is 3. The van der Waals surface area contributed by atoms with Crippen molar-refractivity contribution in [3.63, 3.8) is 0 Å². The van der Waals surface area contributed by atoms with Crippen molar-refractivity contribution in [2.24, 2.45) is 5.92 Å². The fourth-order valence-electron chi connectivity index (χ4n) is 4.73. The van der Waals surface area contributed by atoms with Crippen molar-refractivity contribution in [1.29, 1.82) is 0 Å². The molecular weight excluding hydrogens is 515 g/mol. The van der Waals surface area contributed by atoms with Crippen LogP contribution in [0.2, 0.25) is 0 Å². The molecule has 3 aromatic carbocycles. The molecule has 5 nitrogen and oxygen atoms in total. The Kier molecular flexibility index (Phi) is 8.97. The molecule has 4 aromatic rings. The average molecular weight is 550 g/mol. The van der Waals surface area contributed by atoms with Crippen LogP contribution in [0.25, 0.3) is 10.9 Å². The minimum absolute atomic E-state index is 0.0133. The van der Waals surface area contributed by atoms with Gasteiger partial charge in [-0.25, -0.2) is 0 Å². The van der Waals surface area contributed by atoms with E-state index in [1.165, 1.54) is 17.0 Å². The van der Waals surface area contributed by atoms with Gasteiger partial charge in [-0.15, -0.1) is 0 Å². The SMILES string of the molecule is Cc1ccc(CN(CCc2c[nH]c3ccccc23)C(=O)CN(CC(C)C)C(=O)c2cccc(C(F)(F)F)c2)cc1. The summed E-state index contributed by atoms with van der Waals surface area (Å²) >= 11 is 0. The number of aryl methyl sites for hydroxylation is 1. The zero-order valence-corrected chi connectivity index (χ0v) is 23.0. The molecule has 1 heterocycles. The van der Waals surface area contributed by atoms with Crippen LogP contribution in [0.1, 0.15) is 46.5 Å². The van der Waals surface area contributed by atoms with Crippen molar-refractivity contribution >= 4 is 22.7 Å². The third kappa shape index (κ3) is 7.31. The number of carbonyl (C=O) groups is 2. The molecule has 0 atom stereocenters. The largest absolute Gasteiger partial charge is 0.416 e. The summed E-state index contributed by atoms with van der Waals surface area (Å²) in [6.07, 6.45) is -2.02. The topological polar surface area (TPSA) is 56.4 Å². The number of nitrogens with zero attached hydrogens (tertiary/aromatic N) is 2. The summed E-state index contributed by atoms with van der Waals surface area (Å²) < 4.78 is 39.9. The molecule has 0 spiro atoms. The molecule has 210 valence electrons. The van der Waals surface area contributed by atoms with E-state index in [0.717, 1.165) is 39.7 Å². The maximum atomic E-state index is 13.7. The highest BCUT2D eigenvalue weighted by molar-refractivity contribution is 5.96. The Morgan fingerprint density at radius 1 is 0.925 bits per heavy atom. The first kappa shape index (κ1) is 28.9. The summed E-state index contributed by atoms with van der Waals surface area (Å²) in [5.41, 5.74) is 3.17. The molecule has 0 fully saturated rings. The molecular formula is C32H34F3N3O2. The van der Waals surface area contributed by atoms with Crippen LogP contribution in [0.15, 0.2) is 79.0 Å². The Bertz CT molecular complexity index is 1460. The maximum absolute atomic E-state index is 13.7. The lowest BCUT2D eigenvalue weighted by atomic mass is 10.1. The quantitative estimate of drug-likeness (QED) is 0.235. The monoisotopic (exact) mass is 549 g/mol. The van der Waals surface area contributed by atoms with Gasteiger partial charge in [-0.1, -0.05) is 67.9 Å². The molecule has 2 amide bonds. The molecule has 0 aliphatic heterocycles. The molecule has 0 saturated heterocycles. The highest BCUT2D eigenvalue weighted by atomic mass is 19.4. The molecule has 40 heavy (non-hydrogen) atoms. The van der Waals surface area contributed by atoms with Gasteiger partial charge < -0.3 is 14.8 Å². The second-order valence-corrected chi connectivity index (χ2v) is 10.6. The Morgan fingerprint density at radius 3 is 2.35 bits per heavy atom. The summed E-state index contributed by atoms with van der Waals surface area (Å²) in [4.78, 5) is 33.5. The lowest BCUT2D eigenvalue weighted by molar-refractivity contribution is -0.137. The van der Waals surface area contributed by atoms with Crippen LogP contribution in [-0.4, -0.2) is 46.2 Å². The first-order valence-electron chi connectivity index (χ1n) is 13.4. The van der Waals surface area contributed by atoms with Gasteiger partial charge in [-0.05, 0) is 54.7 Å². The number of nitrogens with one attached hydrogen (secondary N) is 1. The van der Waals surface area contributed by atoms with Gasteiger partial charge in [0, 0.05) is 42.3 Å². The number of alkyl halides is 3.